The highest BCUT2D eigenvalue weighted by Gasteiger charge is 2.22. The molecule has 0 N–H and O–H groups in total. The van der Waals surface area contributed by atoms with Gasteiger partial charge in [0.2, 0.25) is 10.0 Å². The number of hydrogen-bond acceptors (Lipinski definition) is 3. The number of benzene rings is 2. The fraction of sp³-hybridized carbons (Fsp3) is 0.350. The zero-order valence-electron chi connectivity index (χ0n) is 15.8. The van der Waals surface area contributed by atoms with Crippen LogP contribution in [0.1, 0.15) is 36.7 Å². The highest BCUT2D eigenvalue weighted by Crippen LogP contribution is 2.21. The Balaban J connectivity index is 2.31. The summed E-state index contributed by atoms with van der Waals surface area (Å²) < 4.78 is 26.5. The second-order valence-electron chi connectivity index (χ2n) is 6.00. The first-order valence-corrected chi connectivity index (χ1v) is 10.3. The molecule has 0 aliphatic rings. The molecule has 5 nitrogen and oxygen atoms in total. The normalized spacial score (nSPS) is 11.6. The third-order valence-electron chi connectivity index (χ3n) is 4.32. The van der Waals surface area contributed by atoms with Crippen molar-refractivity contribution in [1.29, 1.82) is 0 Å². The molecule has 0 fully saturated rings. The Bertz CT molecular complexity index is 857. The molecule has 2 aromatic rings. The highest BCUT2D eigenvalue weighted by molar-refractivity contribution is 7.89. The fourth-order valence-electron chi connectivity index (χ4n) is 2.88. The van der Waals surface area contributed by atoms with Gasteiger partial charge in [-0.2, -0.15) is 4.31 Å². The lowest BCUT2D eigenvalue weighted by Gasteiger charge is -2.22. The molecule has 0 aromatic heterocycles. The second-order valence-corrected chi connectivity index (χ2v) is 7.94. The maximum absolute atomic E-state index is 12.9. The van der Waals surface area contributed by atoms with Crippen LogP contribution in [0, 0.1) is 6.92 Å². The molecular formula is C20H26N2O3S. The molecule has 0 bridgehead atoms. The molecular weight excluding hydrogens is 348 g/mol. The minimum Gasteiger partial charge on any atom is -0.309 e. The number of carbonyl (C=O) groups is 1. The smallest absolute Gasteiger partial charge is 0.258 e. The number of nitrogens with zero attached hydrogens (tertiary/aromatic N) is 2. The first-order valence-electron chi connectivity index (χ1n) is 8.83. The van der Waals surface area contributed by atoms with Gasteiger partial charge >= 0.3 is 0 Å². The standard InChI is InChI=1S/C20H26N2O3S/c1-5-21(6-2)26(24,25)19-13-11-17(12-14-19)20(23)22(7-3)18-10-8-9-16(4)15-18/h8-15H,5-7H2,1-4H3. The summed E-state index contributed by atoms with van der Waals surface area (Å²) in [7, 11) is -3.52. The quantitative estimate of drug-likeness (QED) is 0.743. The van der Waals surface area contributed by atoms with Gasteiger partial charge in [-0.1, -0.05) is 26.0 Å². The van der Waals surface area contributed by atoms with Gasteiger partial charge in [-0.25, -0.2) is 8.42 Å². The molecule has 6 heteroatoms. The molecule has 0 atom stereocenters. The summed E-state index contributed by atoms with van der Waals surface area (Å²) in [5, 5.41) is 0. The van der Waals surface area contributed by atoms with E-state index in [9.17, 15) is 13.2 Å². The Morgan fingerprint density at radius 1 is 0.923 bits per heavy atom. The van der Waals surface area contributed by atoms with Gasteiger partial charge < -0.3 is 4.90 Å². The minimum atomic E-state index is -3.52. The van der Waals surface area contributed by atoms with E-state index in [-0.39, 0.29) is 10.8 Å². The van der Waals surface area contributed by atoms with Crippen LogP contribution in [0.3, 0.4) is 0 Å². The van der Waals surface area contributed by atoms with Crippen LogP contribution in [-0.4, -0.2) is 38.3 Å². The van der Waals surface area contributed by atoms with Crippen molar-refractivity contribution in [1.82, 2.24) is 4.31 Å². The van der Waals surface area contributed by atoms with E-state index in [1.807, 2.05) is 38.1 Å². The zero-order valence-corrected chi connectivity index (χ0v) is 16.6. The van der Waals surface area contributed by atoms with Crippen LogP contribution < -0.4 is 4.90 Å². The first-order chi connectivity index (χ1) is 12.3. The van der Waals surface area contributed by atoms with Gasteiger partial charge in [0.05, 0.1) is 4.90 Å². The van der Waals surface area contributed by atoms with E-state index in [1.165, 1.54) is 16.4 Å². The van der Waals surface area contributed by atoms with E-state index in [2.05, 4.69) is 0 Å². The van der Waals surface area contributed by atoms with Crippen molar-refractivity contribution in [3.05, 3.63) is 59.7 Å². The largest absolute Gasteiger partial charge is 0.309 e. The van der Waals surface area contributed by atoms with Crippen molar-refractivity contribution < 1.29 is 13.2 Å². The van der Waals surface area contributed by atoms with E-state index in [0.29, 0.717) is 25.2 Å². The van der Waals surface area contributed by atoms with Crippen LogP contribution >= 0.6 is 0 Å². The lowest BCUT2D eigenvalue weighted by molar-refractivity contribution is 0.0988. The molecule has 140 valence electrons. The predicted molar refractivity (Wildman–Crippen MR) is 105 cm³/mol. The molecule has 0 saturated carbocycles. The van der Waals surface area contributed by atoms with Crippen molar-refractivity contribution in [2.75, 3.05) is 24.5 Å². The lowest BCUT2D eigenvalue weighted by Crippen LogP contribution is -2.31. The Morgan fingerprint density at radius 2 is 1.54 bits per heavy atom. The Kier molecular flexibility index (Phi) is 6.56. The summed E-state index contributed by atoms with van der Waals surface area (Å²) in [6.07, 6.45) is 0. The molecule has 0 radical (unpaired) electrons. The zero-order chi connectivity index (χ0) is 19.3. The Labute approximate surface area is 156 Å². The molecule has 0 aliphatic carbocycles. The number of hydrogen-bond donors (Lipinski definition) is 0. The number of carbonyl (C=O) groups excluding carboxylic acids is 1. The van der Waals surface area contributed by atoms with E-state index in [0.717, 1.165) is 11.3 Å². The lowest BCUT2D eigenvalue weighted by atomic mass is 10.1. The van der Waals surface area contributed by atoms with Crippen molar-refractivity contribution in [2.24, 2.45) is 0 Å². The van der Waals surface area contributed by atoms with Crippen LogP contribution in [0.15, 0.2) is 53.4 Å². The van der Waals surface area contributed by atoms with Gasteiger partial charge in [-0.15, -0.1) is 0 Å². The fourth-order valence-corrected chi connectivity index (χ4v) is 4.34. The first kappa shape index (κ1) is 20.1. The summed E-state index contributed by atoms with van der Waals surface area (Å²) in [5.41, 5.74) is 2.37. The van der Waals surface area contributed by atoms with Crippen molar-refractivity contribution in [3.63, 3.8) is 0 Å². The maximum Gasteiger partial charge on any atom is 0.258 e. The molecule has 0 unspecified atom stereocenters. The maximum atomic E-state index is 12.9. The van der Waals surface area contributed by atoms with Crippen LogP contribution in [0.25, 0.3) is 0 Å². The summed E-state index contributed by atoms with van der Waals surface area (Å²) in [4.78, 5) is 14.7. The molecule has 0 aliphatic heterocycles. The van der Waals surface area contributed by atoms with Crippen LogP contribution in [-0.2, 0) is 10.0 Å². The number of anilines is 1. The van der Waals surface area contributed by atoms with Crippen LogP contribution in [0.2, 0.25) is 0 Å². The molecule has 0 heterocycles. The van der Waals surface area contributed by atoms with E-state index < -0.39 is 10.0 Å². The average Bonchev–Trinajstić information content (AvgIpc) is 2.63. The van der Waals surface area contributed by atoms with Gasteiger partial charge in [0.15, 0.2) is 0 Å². The van der Waals surface area contributed by atoms with Crippen molar-refractivity contribution in [2.45, 2.75) is 32.6 Å². The van der Waals surface area contributed by atoms with Gasteiger partial charge in [-0.05, 0) is 55.8 Å². The monoisotopic (exact) mass is 374 g/mol. The summed E-state index contributed by atoms with van der Waals surface area (Å²) in [6, 6.07) is 13.9. The van der Waals surface area contributed by atoms with Gasteiger partial charge in [0.1, 0.15) is 0 Å². The average molecular weight is 375 g/mol. The molecule has 2 aromatic carbocycles. The molecule has 0 spiro atoms. The summed E-state index contributed by atoms with van der Waals surface area (Å²) in [6.45, 7) is 8.86. The number of sulfonamides is 1. The minimum absolute atomic E-state index is 0.148. The van der Waals surface area contributed by atoms with Crippen LogP contribution in [0.5, 0.6) is 0 Å². The number of aryl methyl sites for hydroxylation is 1. The Hall–Kier alpha value is -2.18. The summed E-state index contributed by atoms with van der Waals surface area (Å²) in [5.74, 6) is -0.148. The van der Waals surface area contributed by atoms with Gasteiger partial charge in [-0.3, -0.25) is 4.79 Å². The number of rotatable bonds is 7. The third kappa shape index (κ3) is 4.14. The highest BCUT2D eigenvalue weighted by atomic mass is 32.2. The van der Waals surface area contributed by atoms with Crippen molar-refractivity contribution >= 4 is 21.6 Å². The Morgan fingerprint density at radius 3 is 2.04 bits per heavy atom. The van der Waals surface area contributed by atoms with Crippen LogP contribution in [0.4, 0.5) is 5.69 Å². The molecule has 2 rings (SSSR count). The number of amides is 1. The molecule has 0 saturated heterocycles. The summed E-state index contributed by atoms with van der Waals surface area (Å²) >= 11 is 0. The van der Waals surface area contributed by atoms with Gasteiger partial charge in [0.25, 0.3) is 5.91 Å². The second kappa shape index (κ2) is 8.47. The van der Waals surface area contributed by atoms with Gasteiger partial charge in [0, 0.05) is 30.9 Å². The van der Waals surface area contributed by atoms with Crippen molar-refractivity contribution in [3.8, 4) is 0 Å². The molecule has 1 amide bonds. The SMILES string of the molecule is CCN(C(=O)c1ccc(S(=O)(=O)N(CC)CC)cc1)c1cccc(C)c1. The van der Waals surface area contributed by atoms with E-state index in [4.69, 9.17) is 0 Å². The predicted octanol–water partition coefficient (Wildman–Crippen LogP) is 3.69. The van der Waals surface area contributed by atoms with E-state index >= 15 is 0 Å². The topological polar surface area (TPSA) is 57.7 Å². The molecule has 26 heavy (non-hydrogen) atoms. The third-order valence-corrected chi connectivity index (χ3v) is 6.38. The van der Waals surface area contributed by atoms with E-state index in [1.54, 1.807) is 30.9 Å².